The van der Waals surface area contributed by atoms with Crippen LogP contribution in [0.4, 0.5) is 0 Å². The molecule has 1 aromatic carbocycles. The number of aromatic amines is 1. The number of hydrogen-bond acceptors (Lipinski definition) is 3. The van der Waals surface area contributed by atoms with Crippen LogP contribution in [-0.4, -0.2) is 16.1 Å². The average Bonchev–Trinajstić information content (AvgIpc) is 2.82. The van der Waals surface area contributed by atoms with E-state index < -0.39 is 11.4 Å². The van der Waals surface area contributed by atoms with Crippen molar-refractivity contribution >= 4 is 28.4 Å². The fraction of sp³-hybridized carbons (Fsp3) is 0.0769. The number of carbonyl (C=O) groups is 1. The van der Waals surface area contributed by atoms with E-state index in [1.807, 2.05) is 24.3 Å². The van der Waals surface area contributed by atoms with Crippen LogP contribution in [0.2, 0.25) is 0 Å². The van der Waals surface area contributed by atoms with E-state index in [1.54, 1.807) is 18.2 Å². The summed E-state index contributed by atoms with van der Waals surface area (Å²) in [6.45, 7) is 0. The summed E-state index contributed by atoms with van der Waals surface area (Å²) >= 11 is 5.97. The van der Waals surface area contributed by atoms with Crippen molar-refractivity contribution in [3.05, 3.63) is 53.3 Å². The van der Waals surface area contributed by atoms with E-state index in [2.05, 4.69) is 15.5 Å². The minimum atomic E-state index is -1.21. The first-order chi connectivity index (χ1) is 9.13. The number of nitrogens with one attached hydrogen (secondary N) is 2. The third-order valence-electron chi connectivity index (χ3n) is 3.15. The molecule has 1 aromatic heterocycles. The topological polar surface area (TPSA) is 83.8 Å². The van der Waals surface area contributed by atoms with Gasteiger partial charge in [0.2, 0.25) is 0 Å². The number of primary amides is 1. The van der Waals surface area contributed by atoms with Crippen molar-refractivity contribution in [3.63, 3.8) is 0 Å². The molecule has 19 heavy (non-hydrogen) atoms. The average molecular weight is 275 g/mol. The Kier molecular flexibility index (Phi) is 2.57. The van der Waals surface area contributed by atoms with Gasteiger partial charge in [-0.05, 0) is 18.2 Å². The molecule has 1 amide bonds. The summed E-state index contributed by atoms with van der Waals surface area (Å²) in [5.41, 5.74) is 5.70. The Hall–Kier alpha value is -2.27. The van der Waals surface area contributed by atoms with Crippen LogP contribution in [0, 0.1) is 0 Å². The number of rotatable bonds is 2. The maximum absolute atomic E-state index is 11.9. The van der Waals surface area contributed by atoms with Crippen molar-refractivity contribution in [1.82, 2.24) is 15.5 Å². The van der Waals surface area contributed by atoms with Gasteiger partial charge in [0, 0.05) is 5.39 Å². The third kappa shape index (κ3) is 1.70. The number of halogens is 1. The number of hydrogen-bond donors (Lipinski definition) is 3. The fourth-order valence-corrected chi connectivity index (χ4v) is 2.44. The van der Waals surface area contributed by atoms with Crippen molar-refractivity contribution < 1.29 is 4.79 Å². The summed E-state index contributed by atoms with van der Waals surface area (Å²) < 4.78 is 0. The minimum Gasteiger partial charge on any atom is -0.367 e. The van der Waals surface area contributed by atoms with E-state index in [-0.39, 0.29) is 0 Å². The van der Waals surface area contributed by atoms with Gasteiger partial charge in [0.15, 0.2) is 5.54 Å². The van der Waals surface area contributed by atoms with Gasteiger partial charge in [-0.2, -0.15) is 5.10 Å². The van der Waals surface area contributed by atoms with Gasteiger partial charge in [-0.1, -0.05) is 35.9 Å². The summed E-state index contributed by atoms with van der Waals surface area (Å²) in [7, 11) is 0. The normalized spacial score (nSPS) is 22.1. The molecule has 3 rings (SSSR count). The molecule has 0 saturated carbocycles. The Bertz CT molecular complexity index is 718. The van der Waals surface area contributed by atoms with Crippen LogP contribution in [0.1, 0.15) is 5.69 Å². The second kappa shape index (κ2) is 4.13. The molecule has 0 aliphatic carbocycles. The van der Waals surface area contributed by atoms with Gasteiger partial charge in [-0.25, -0.2) is 0 Å². The van der Waals surface area contributed by atoms with Crippen molar-refractivity contribution in [2.24, 2.45) is 5.73 Å². The zero-order valence-corrected chi connectivity index (χ0v) is 10.6. The number of amides is 1. The predicted molar refractivity (Wildman–Crippen MR) is 73.2 cm³/mol. The van der Waals surface area contributed by atoms with Crippen LogP contribution in [0.3, 0.4) is 0 Å². The largest absolute Gasteiger partial charge is 0.367 e. The highest BCUT2D eigenvalue weighted by Gasteiger charge is 2.40. The third-order valence-corrected chi connectivity index (χ3v) is 3.37. The van der Waals surface area contributed by atoms with Gasteiger partial charge < -0.3 is 11.1 Å². The molecule has 96 valence electrons. The second-order valence-corrected chi connectivity index (χ2v) is 4.69. The molecule has 1 atom stereocenters. The lowest BCUT2D eigenvalue weighted by atomic mass is 9.90. The standard InChI is InChI=1S/C13H11ClN4O/c14-10-6-3-7-13(16-10,12(15)19)11-8-4-1-2-5-9(8)17-18-11/h1-7,16H,(H2,15,19)(H,17,18). The van der Waals surface area contributed by atoms with Crippen LogP contribution in [0.15, 0.2) is 47.6 Å². The molecule has 1 aliphatic rings. The first-order valence-electron chi connectivity index (χ1n) is 5.70. The summed E-state index contributed by atoms with van der Waals surface area (Å²) in [6.07, 6.45) is 5.02. The molecule has 2 aromatic rings. The second-order valence-electron chi connectivity index (χ2n) is 4.29. The van der Waals surface area contributed by atoms with Gasteiger partial charge in [0.05, 0.1) is 11.2 Å². The van der Waals surface area contributed by atoms with Gasteiger partial charge in [0.25, 0.3) is 5.91 Å². The van der Waals surface area contributed by atoms with Gasteiger partial charge >= 0.3 is 0 Å². The number of H-pyrrole nitrogens is 1. The number of nitrogens with two attached hydrogens (primary N) is 1. The van der Waals surface area contributed by atoms with Crippen LogP contribution in [0.5, 0.6) is 0 Å². The molecule has 0 bridgehead atoms. The lowest BCUT2D eigenvalue weighted by Crippen LogP contribution is -2.51. The maximum Gasteiger partial charge on any atom is 0.253 e. The Morgan fingerprint density at radius 3 is 2.89 bits per heavy atom. The van der Waals surface area contributed by atoms with Crippen molar-refractivity contribution in [2.45, 2.75) is 5.54 Å². The number of dihydropyridines is 1. The smallest absolute Gasteiger partial charge is 0.253 e. The van der Waals surface area contributed by atoms with Crippen LogP contribution < -0.4 is 11.1 Å². The lowest BCUT2D eigenvalue weighted by molar-refractivity contribution is -0.122. The minimum absolute atomic E-state index is 0.347. The molecular weight excluding hydrogens is 264 g/mol. The van der Waals surface area contributed by atoms with Gasteiger partial charge in [-0.15, -0.1) is 0 Å². The maximum atomic E-state index is 11.9. The van der Waals surface area contributed by atoms with E-state index >= 15 is 0 Å². The molecule has 0 saturated heterocycles. The molecule has 2 heterocycles. The number of fused-ring (bicyclic) bond motifs is 1. The van der Waals surface area contributed by atoms with Crippen molar-refractivity contribution in [2.75, 3.05) is 0 Å². The monoisotopic (exact) mass is 274 g/mol. The van der Waals surface area contributed by atoms with Gasteiger partial charge in [0.1, 0.15) is 5.16 Å². The Labute approximate surface area is 114 Å². The fourth-order valence-electron chi connectivity index (χ4n) is 2.22. The summed E-state index contributed by atoms with van der Waals surface area (Å²) in [4.78, 5) is 11.9. The highest BCUT2D eigenvalue weighted by molar-refractivity contribution is 6.29. The first kappa shape index (κ1) is 11.8. The zero-order chi connectivity index (χ0) is 13.5. The Morgan fingerprint density at radius 1 is 1.37 bits per heavy atom. The van der Waals surface area contributed by atoms with Crippen molar-refractivity contribution in [1.29, 1.82) is 0 Å². The van der Waals surface area contributed by atoms with Crippen LogP contribution >= 0.6 is 11.6 Å². The molecular formula is C13H11ClN4O. The van der Waals surface area contributed by atoms with E-state index in [0.717, 1.165) is 10.9 Å². The van der Waals surface area contributed by atoms with Crippen LogP contribution in [-0.2, 0) is 10.3 Å². The predicted octanol–water partition coefficient (Wildman–Crippen LogP) is 1.48. The van der Waals surface area contributed by atoms with E-state index in [0.29, 0.717) is 10.9 Å². The quantitative estimate of drug-likeness (QED) is 0.726. The zero-order valence-electron chi connectivity index (χ0n) is 9.85. The number of benzene rings is 1. The first-order valence-corrected chi connectivity index (χ1v) is 6.08. The summed E-state index contributed by atoms with van der Waals surface area (Å²) in [5.74, 6) is -0.551. The number of carbonyl (C=O) groups excluding carboxylic acids is 1. The summed E-state index contributed by atoms with van der Waals surface area (Å²) in [5, 5.41) is 11.1. The molecule has 0 fully saturated rings. The SMILES string of the molecule is NC(=O)C1(c2[nH]nc3ccccc23)C=CC=C(Cl)N1. The summed E-state index contributed by atoms with van der Waals surface area (Å²) in [6, 6.07) is 7.48. The molecule has 1 unspecified atom stereocenters. The highest BCUT2D eigenvalue weighted by atomic mass is 35.5. The lowest BCUT2D eigenvalue weighted by Gasteiger charge is -2.30. The van der Waals surface area contributed by atoms with Gasteiger partial charge in [-0.3, -0.25) is 9.89 Å². The van der Waals surface area contributed by atoms with E-state index in [1.165, 1.54) is 0 Å². The molecule has 5 nitrogen and oxygen atoms in total. The highest BCUT2D eigenvalue weighted by Crippen LogP contribution is 2.31. The molecule has 0 radical (unpaired) electrons. The van der Waals surface area contributed by atoms with Crippen LogP contribution in [0.25, 0.3) is 10.9 Å². The number of allylic oxidation sites excluding steroid dienone is 2. The van der Waals surface area contributed by atoms with E-state index in [4.69, 9.17) is 17.3 Å². The molecule has 1 aliphatic heterocycles. The van der Waals surface area contributed by atoms with Crippen molar-refractivity contribution in [3.8, 4) is 0 Å². The molecule has 6 heteroatoms. The molecule has 0 spiro atoms. The molecule has 4 N–H and O–H groups in total. The van der Waals surface area contributed by atoms with E-state index in [9.17, 15) is 4.79 Å². The number of aromatic nitrogens is 2. The Morgan fingerprint density at radius 2 is 2.16 bits per heavy atom. The Balaban J connectivity index is 2.24. The number of para-hydroxylation sites is 1. The number of nitrogens with zero attached hydrogens (tertiary/aromatic N) is 1.